The zero-order chi connectivity index (χ0) is 20.8. The molecule has 0 saturated carbocycles. The lowest BCUT2D eigenvalue weighted by atomic mass is 10.2. The summed E-state index contributed by atoms with van der Waals surface area (Å²) in [6.45, 7) is 5.75. The number of carbonyl (C=O) groups is 2. The lowest BCUT2D eigenvalue weighted by molar-refractivity contribution is 0.214. The summed E-state index contributed by atoms with van der Waals surface area (Å²) in [6, 6.07) is 19.5. The van der Waals surface area contributed by atoms with Crippen molar-refractivity contribution in [3.8, 4) is 11.5 Å². The lowest BCUT2D eigenvalue weighted by Crippen LogP contribution is -2.19. The highest BCUT2D eigenvalue weighted by Gasteiger charge is 2.10. The van der Waals surface area contributed by atoms with Crippen LogP contribution in [0.15, 0.2) is 66.7 Å². The molecule has 0 aliphatic carbocycles. The van der Waals surface area contributed by atoms with E-state index in [9.17, 15) is 9.59 Å². The molecule has 6 heteroatoms. The monoisotopic (exact) mass is 390 g/mol. The Labute approximate surface area is 169 Å². The zero-order valence-electron chi connectivity index (χ0n) is 16.5. The minimum Gasteiger partial charge on any atom is -0.410 e. The molecule has 0 bridgehead atoms. The van der Waals surface area contributed by atoms with Crippen molar-refractivity contribution < 1.29 is 19.1 Å². The van der Waals surface area contributed by atoms with Crippen LogP contribution in [-0.2, 0) is 0 Å². The second-order valence-corrected chi connectivity index (χ2v) is 6.68. The molecule has 3 aromatic carbocycles. The highest BCUT2D eigenvalue weighted by molar-refractivity contribution is 5.91. The van der Waals surface area contributed by atoms with Crippen LogP contribution in [0.5, 0.6) is 11.5 Å². The first-order valence-corrected chi connectivity index (χ1v) is 9.11. The molecule has 29 heavy (non-hydrogen) atoms. The van der Waals surface area contributed by atoms with E-state index in [0.29, 0.717) is 22.9 Å². The third-order valence-corrected chi connectivity index (χ3v) is 4.18. The van der Waals surface area contributed by atoms with Gasteiger partial charge in [0.2, 0.25) is 0 Å². The first-order chi connectivity index (χ1) is 13.9. The molecule has 6 nitrogen and oxygen atoms in total. The van der Waals surface area contributed by atoms with Crippen molar-refractivity contribution in [3.63, 3.8) is 0 Å². The highest BCUT2D eigenvalue weighted by Crippen LogP contribution is 2.22. The second-order valence-electron chi connectivity index (χ2n) is 6.68. The van der Waals surface area contributed by atoms with Gasteiger partial charge in [-0.25, -0.2) is 9.59 Å². The number of aryl methyl sites for hydroxylation is 3. The van der Waals surface area contributed by atoms with Crippen LogP contribution in [0, 0.1) is 20.8 Å². The Morgan fingerprint density at radius 2 is 1.14 bits per heavy atom. The van der Waals surface area contributed by atoms with E-state index in [4.69, 9.17) is 9.47 Å². The maximum atomic E-state index is 12.2. The molecule has 0 aromatic heterocycles. The molecule has 0 saturated heterocycles. The van der Waals surface area contributed by atoms with Crippen molar-refractivity contribution in [1.82, 2.24) is 0 Å². The largest absolute Gasteiger partial charge is 0.417 e. The van der Waals surface area contributed by atoms with Gasteiger partial charge in [0.1, 0.15) is 11.5 Å². The average Bonchev–Trinajstić information content (AvgIpc) is 2.68. The van der Waals surface area contributed by atoms with Crippen LogP contribution < -0.4 is 20.1 Å². The molecule has 0 aliphatic rings. The molecule has 0 fully saturated rings. The van der Waals surface area contributed by atoms with Gasteiger partial charge in [-0.05, 0) is 62.7 Å². The number of hydrogen-bond acceptors (Lipinski definition) is 4. The topological polar surface area (TPSA) is 76.7 Å². The number of benzene rings is 3. The number of nitrogens with one attached hydrogen (secondary N) is 2. The van der Waals surface area contributed by atoms with Crippen LogP contribution in [-0.4, -0.2) is 12.2 Å². The van der Waals surface area contributed by atoms with E-state index in [1.54, 1.807) is 42.5 Å². The van der Waals surface area contributed by atoms with Crippen LogP contribution in [0.25, 0.3) is 0 Å². The van der Waals surface area contributed by atoms with Gasteiger partial charge in [0.05, 0.1) is 0 Å². The van der Waals surface area contributed by atoms with E-state index < -0.39 is 12.2 Å². The summed E-state index contributed by atoms with van der Waals surface area (Å²) >= 11 is 0. The molecule has 0 aliphatic heterocycles. The van der Waals surface area contributed by atoms with Gasteiger partial charge in [0.25, 0.3) is 0 Å². The highest BCUT2D eigenvalue weighted by atomic mass is 16.6. The predicted octanol–water partition coefficient (Wildman–Crippen LogP) is 5.83. The van der Waals surface area contributed by atoms with Gasteiger partial charge in [-0.15, -0.1) is 0 Å². The Kier molecular flexibility index (Phi) is 6.14. The van der Waals surface area contributed by atoms with Crippen LogP contribution in [0.3, 0.4) is 0 Å². The van der Waals surface area contributed by atoms with Crippen molar-refractivity contribution in [3.05, 3.63) is 83.4 Å². The van der Waals surface area contributed by atoms with Gasteiger partial charge in [-0.1, -0.05) is 41.5 Å². The quantitative estimate of drug-likeness (QED) is 0.587. The van der Waals surface area contributed by atoms with Crippen LogP contribution in [0.4, 0.5) is 21.0 Å². The van der Waals surface area contributed by atoms with Crippen molar-refractivity contribution in [2.24, 2.45) is 0 Å². The number of carbonyl (C=O) groups excluding carboxylic acids is 2. The SMILES string of the molecule is Cc1ccc(OC(=O)Nc2ccc(C)c(NC(=O)Oc3ccc(C)cc3)c2)cc1. The van der Waals surface area contributed by atoms with Gasteiger partial charge >= 0.3 is 12.2 Å². The van der Waals surface area contributed by atoms with E-state index in [1.807, 2.05) is 45.0 Å². The Hall–Kier alpha value is -3.80. The summed E-state index contributed by atoms with van der Waals surface area (Å²) in [5, 5.41) is 5.34. The van der Waals surface area contributed by atoms with E-state index in [1.165, 1.54) is 0 Å². The summed E-state index contributed by atoms with van der Waals surface area (Å²) in [5.41, 5.74) is 3.98. The van der Waals surface area contributed by atoms with E-state index in [-0.39, 0.29) is 0 Å². The fourth-order valence-corrected chi connectivity index (χ4v) is 2.54. The fourth-order valence-electron chi connectivity index (χ4n) is 2.54. The van der Waals surface area contributed by atoms with E-state index >= 15 is 0 Å². The maximum Gasteiger partial charge on any atom is 0.417 e. The number of ether oxygens (including phenoxy) is 2. The van der Waals surface area contributed by atoms with Crippen molar-refractivity contribution in [1.29, 1.82) is 0 Å². The zero-order valence-corrected chi connectivity index (χ0v) is 16.5. The van der Waals surface area contributed by atoms with Gasteiger partial charge in [0.15, 0.2) is 0 Å². The molecular weight excluding hydrogens is 368 g/mol. The first kappa shape index (κ1) is 19.9. The summed E-state index contributed by atoms with van der Waals surface area (Å²) in [6.07, 6.45) is -1.23. The second kappa shape index (κ2) is 8.93. The van der Waals surface area contributed by atoms with Crippen LogP contribution in [0.1, 0.15) is 16.7 Å². The van der Waals surface area contributed by atoms with Crippen LogP contribution in [0.2, 0.25) is 0 Å². The molecule has 0 radical (unpaired) electrons. The summed E-state index contributed by atoms with van der Waals surface area (Å²) < 4.78 is 10.5. The Morgan fingerprint density at radius 1 is 0.655 bits per heavy atom. The molecule has 0 atom stereocenters. The summed E-state index contributed by atoms with van der Waals surface area (Å²) in [7, 11) is 0. The average molecular weight is 390 g/mol. The van der Waals surface area contributed by atoms with Gasteiger partial charge in [-0.2, -0.15) is 0 Å². The van der Waals surface area contributed by atoms with E-state index in [2.05, 4.69) is 10.6 Å². The molecule has 148 valence electrons. The summed E-state index contributed by atoms with van der Waals surface area (Å²) in [4.78, 5) is 24.3. The smallest absolute Gasteiger partial charge is 0.410 e. The third kappa shape index (κ3) is 5.84. The number of amides is 2. The van der Waals surface area contributed by atoms with Crippen molar-refractivity contribution in [2.75, 3.05) is 10.6 Å². The van der Waals surface area contributed by atoms with Crippen LogP contribution >= 0.6 is 0 Å². The minimum atomic E-state index is -0.620. The standard InChI is InChI=1S/C23H22N2O4/c1-15-4-10-19(11-5-15)28-22(26)24-18-9-8-17(3)21(14-18)25-23(27)29-20-12-6-16(2)7-13-20/h4-14H,1-3H3,(H,24,26)(H,25,27). The third-order valence-electron chi connectivity index (χ3n) is 4.18. The summed E-state index contributed by atoms with van der Waals surface area (Å²) in [5.74, 6) is 0.891. The van der Waals surface area contributed by atoms with Gasteiger partial charge < -0.3 is 9.47 Å². The Balaban J connectivity index is 1.62. The number of rotatable bonds is 4. The molecule has 3 aromatic rings. The molecule has 0 spiro atoms. The molecule has 0 unspecified atom stereocenters. The minimum absolute atomic E-state index is 0.445. The lowest BCUT2D eigenvalue weighted by Gasteiger charge is -2.12. The Morgan fingerprint density at radius 3 is 1.66 bits per heavy atom. The molecule has 0 heterocycles. The van der Waals surface area contributed by atoms with E-state index in [0.717, 1.165) is 16.7 Å². The van der Waals surface area contributed by atoms with Gasteiger partial charge in [0, 0.05) is 11.4 Å². The number of hydrogen-bond donors (Lipinski definition) is 2. The molecule has 2 amide bonds. The van der Waals surface area contributed by atoms with Crippen molar-refractivity contribution >= 4 is 23.6 Å². The fraction of sp³-hybridized carbons (Fsp3) is 0.130. The maximum absolute atomic E-state index is 12.2. The first-order valence-electron chi connectivity index (χ1n) is 9.11. The normalized spacial score (nSPS) is 10.2. The Bertz CT molecular complexity index is 1010. The molecular formula is C23H22N2O4. The molecule has 3 rings (SSSR count). The number of anilines is 2. The van der Waals surface area contributed by atoms with Crippen molar-refractivity contribution in [2.45, 2.75) is 20.8 Å². The molecule has 2 N–H and O–H groups in total. The predicted molar refractivity (Wildman–Crippen MR) is 113 cm³/mol. The van der Waals surface area contributed by atoms with Gasteiger partial charge in [-0.3, -0.25) is 10.6 Å².